The topological polar surface area (TPSA) is 113 Å². The Bertz CT molecular complexity index is 2000. The average molecular weight is 569 g/mol. The van der Waals surface area contributed by atoms with Crippen molar-refractivity contribution in [2.75, 3.05) is 11.9 Å². The second kappa shape index (κ2) is 12.6. The molecule has 0 spiro atoms. The summed E-state index contributed by atoms with van der Waals surface area (Å²) < 4.78 is 21.1. The summed E-state index contributed by atoms with van der Waals surface area (Å²) in [7, 11) is 0. The van der Waals surface area contributed by atoms with Gasteiger partial charge in [-0.25, -0.2) is 14.4 Å². The number of benzene rings is 4. The first-order valence-electron chi connectivity index (χ1n) is 13.5. The van der Waals surface area contributed by atoms with Gasteiger partial charge in [-0.3, -0.25) is 4.68 Å². The Balaban J connectivity index is 1.15. The molecule has 2 aromatic heterocycles. The first-order chi connectivity index (χ1) is 21.1. The second-order valence-corrected chi connectivity index (χ2v) is 9.54. The lowest BCUT2D eigenvalue weighted by Gasteiger charge is -2.10. The number of anilines is 2. The molecular weight excluding hydrogens is 543 g/mol. The summed E-state index contributed by atoms with van der Waals surface area (Å²) >= 11 is 0. The van der Waals surface area contributed by atoms with E-state index < -0.39 is 0 Å². The predicted molar refractivity (Wildman–Crippen MR) is 165 cm³/mol. The van der Waals surface area contributed by atoms with Gasteiger partial charge in [0, 0.05) is 23.0 Å². The van der Waals surface area contributed by atoms with E-state index in [4.69, 9.17) is 10.00 Å². The first kappa shape index (κ1) is 27.1. The van der Waals surface area contributed by atoms with Gasteiger partial charge in [0.15, 0.2) is 0 Å². The molecular formula is C33H25FN8O. The highest BCUT2D eigenvalue weighted by Gasteiger charge is 2.09. The number of aromatic nitrogens is 4. The van der Waals surface area contributed by atoms with E-state index in [0.717, 1.165) is 38.6 Å². The summed E-state index contributed by atoms with van der Waals surface area (Å²) in [4.78, 5) is 12.6. The third kappa shape index (κ3) is 6.64. The summed E-state index contributed by atoms with van der Waals surface area (Å²) in [6.07, 6.45) is 8.95. The number of hydrogen-bond acceptors (Lipinski definition) is 7. The van der Waals surface area contributed by atoms with Crippen molar-refractivity contribution in [2.45, 2.75) is 6.54 Å². The van der Waals surface area contributed by atoms with Gasteiger partial charge in [-0.2, -0.15) is 10.4 Å². The van der Waals surface area contributed by atoms with Crippen molar-refractivity contribution in [3.8, 4) is 11.9 Å². The van der Waals surface area contributed by atoms with Gasteiger partial charge >= 0.3 is 6.02 Å². The van der Waals surface area contributed by atoms with Gasteiger partial charge in [0.25, 0.3) is 0 Å². The monoisotopic (exact) mass is 568 g/mol. The molecule has 10 heteroatoms. The summed E-state index contributed by atoms with van der Waals surface area (Å²) in [6, 6.07) is 27.7. The Morgan fingerprint density at radius 1 is 1.00 bits per heavy atom. The summed E-state index contributed by atoms with van der Waals surface area (Å²) in [5, 5.41) is 21.7. The molecule has 6 rings (SSSR count). The van der Waals surface area contributed by atoms with Gasteiger partial charge in [-0.15, -0.1) is 4.99 Å². The number of nitrogens with one attached hydrogen (secondary N) is 2. The lowest BCUT2D eigenvalue weighted by atomic mass is 10.1. The Hall–Kier alpha value is -6.08. The Morgan fingerprint density at radius 2 is 1.91 bits per heavy atom. The minimum absolute atomic E-state index is 0.119. The Labute approximate surface area is 246 Å². The maximum absolute atomic E-state index is 13.6. The molecule has 0 saturated carbocycles. The summed E-state index contributed by atoms with van der Waals surface area (Å²) in [5.74, 6) is 0.990. The van der Waals surface area contributed by atoms with Crippen LogP contribution in [0.15, 0.2) is 115 Å². The largest absolute Gasteiger partial charge is 0.425 e. The maximum Gasteiger partial charge on any atom is 0.305 e. The number of fused-ring (bicyclic) bond motifs is 2. The van der Waals surface area contributed by atoms with Crippen LogP contribution in [0.4, 0.5) is 15.9 Å². The molecule has 6 aromatic rings. The van der Waals surface area contributed by atoms with Crippen LogP contribution in [0.3, 0.4) is 0 Å². The van der Waals surface area contributed by atoms with Crippen molar-refractivity contribution in [1.82, 2.24) is 25.1 Å². The first-order valence-corrected chi connectivity index (χ1v) is 13.5. The number of amidine groups is 1. The standard InChI is InChI=1S/C33H25FN8O/c34-26-8-4-6-24(16-26)20-42-31-14-12-27(18-25(31)19-40-42)41-32-29-17-23(11-13-30(29)38-22-39-32)7-5-15-36-33(37-21-35)43-28-9-2-1-3-10-28/h1-14,16-19,22H,15,20H2,(H,36,37)(H,38,39,41). The molecule has 9 nitrogen and oxygen atoms in total. The van der Waals surface area contributed by atoms with Gasteiger partial charge in [0.05, 0.1) is 23.8 Å². The van der Waals surface area contributed by atoms with Crippen molar-refractivity contribution in [3.05, 3.63) is 127 Å². The van der Waals surface area contributed by atoms with Gasteiger partial charge in [-0.1, -0.05) is 48.6 Å². The third-order valence-electron chi connectivity index (χ3n) is 6.58. The summed E-state index contributed by atoms with van der Waals surface area (Å²) in [6.45, 7) is 0.873. The van der Waals surface area contributed by atoms with Crippen LogP contribution in [0, 0.1) is 17.3 Å². The second-order valence-electron chi connectivity index (χ2n) is 9.54. The zero-order chi connectivity index (χ0) is 29.4. The third-order valence-corrected chi connectivity index (χ3v) is 6.58. The number of ether oxygens (including phenoxy) is 1. The number of halogens is 1. The minimum atomic E-state index is -0.263. The van der Waals surface area contributed by atoms with Crippen molar-refractivity contribution >= 4 is 45.4 Å². The molecule has 0 aliphatic rings. The zero-order valence-corrected chi connectivity index (χ0v) is 22.9. The van der Waals surface area contributed by atoms with Crippen LogP contribution in [0.1, 0.15) is 11.1 Å². The van der Waals surface area contributed by atoms with Gasteiger partial charge in [0.1, 0.15) is 23.7 Å². The maximum atomic E-state index is 13.6. The summed E-state index contributed by atoms with van der Waals surface area (Å²) in [5.41, 5.74) is 4.39. The van der Waals surface area contributed by atoms with Gasteiger partial charge < -0.3 is 15.4 Å². The SMILES string of the molecule is N#CN=C(NCC=Cc1ccc2ncnc(Nc3ccc4c(cnn4Cc4cccc(F)c4)c3)c2c1)Oc1ccccc1. The van der Waals surface area contributed by atoms with Crippen molar-refractivity contribution in [3.63, 3.8) is 0 Å². The average Bonchev–Trinajstić information content (AvgIpc) is 3.41. The van der Waals surface area contributed by atoms with Gasteiger partial charge in [0.2, 0.25) is 6.19 Å². The molecule has 0 amide bonds. The molecule has 0 bridgehead atoms. The van der Waals surface area contributed by atoms with Gasteiger partial charge in [-0.05, 0) is 65.7 Å². The van der Waals surface area contributed by atoms with Crippen molar-refractivity contribution in [2.24, 2.45) is 4.99 Å². The lowest BCUT2D eigenvalue weighted by molar-refractivity contribution is 0.522. The van der Waals surface area contributed by atoms with Crippen LogP contribution in [0.25, 0.3) is 27.9 Å². The fourth-order valence-electron chi connectivity index (χ4n) is 4.60. The molecule has 0 radical (unpaired) electrons. The molecule has 210 valence electrons. The fourth-order valence-corrected chi connectivity index (χ4v) is 4.60. The van der Waals surface area contributed by atoms with E-state index >= 15 is 0 Å². The van der Waals surface area contributed by atoms with Crippen LogP contribution >= 0.6 is 0 Å². The Morgan fingerprint density at radius 3 is 2.77 bits per heavy atom. The van der Waals surface area contributed by atoms with E-state index in [1.807, 2.05) is 77.5 Å². The van der Waals surface area contributed by atoms with E-state index in [2.05, 4.69) is 30.7 Å². The van der Waals surface area contributed by atoms with Crippen LogP contribution < -0.4 is 15.4 Å². The molecule has 2 N–H and O–H groups in total. The molecule has 43 heavy (non-hydrogen) atoms. The number of rotatable bonds is 8. The molecule has 4 aromatic carbocycles. The quantitative estimate of drug-likeness (QED) is 0.124. The molecule has 0 atom stereocenters. The van der Waals surface area contributed by atoms with E-state index in [0.29, 0.717) is 24.7 Å². The number of nitrogens with zero attached hydrogens (tertiary/aromatic N) is 6. The van der Waals surface area contributed by atoms with Crippen molar-refractivity contribution in [1.29, 1.82) is 5.26 Å². The fraction of sp³-hybridized carbons (Fsp3) is 0.0606. The Kier molecular flexibility index (Phi) is 7.95. The molecule has 2 heterocycles. The minimum Gasteiger partial charge on any atom is -0.425 e. The zero-order valence-electron chi connectivity index (χ0n) is 22.9. The van der Waals surface area contributed by atoms with E-state index in [-0.39, 0.29) is 11.8 Å². The number of para-hydroxylation sites is 1. The molecule has 0 aliphatic heterocycles. The number of hydrogen-bond donors (Lipinski definition) is 2. The predicted octanol–water partition coefficient (Wildman–Crippen LogP) is 6.43. The molecule has 0 fully saturated rings. The van der Waals surface area contributed by atoms with E-state index in [1.165, 1.54) is 18.5 Å². The van der Waals surface area contributed by atoms with Crippen LogP contribution in [-0.4, -0.2) is 32.3 Å². The number of nitriles is 1. The molecule has 0 aliphatic carbocycles. The van der Waals surface area contributed by atoms with Crippen LogP contribution in [-0.2, 0) is 6.54 Å². The molecule has 0 saturated heterocycles. The highest BCUT2D eigenvalue weighted by molar-refractivity contribution is 5.93. The smallest absolute Gasteiger partial charge is 0.305 e. The highest BCUT2D eigenvalue weighted by atomic mass is 19.1. The van der Waals surface area contributed by atoms with Crippen molar-refractivity contribution < 1.29 is 9.13 Å². The normalized spacial score (nSPS) is 11.6. The van der Waals surface area contributed by atoms with Crippen LogP contribution in [0.2, 0.25) is 0 Å². The molecule has 0 unspecified atom stereocenters. The highest BCUT2D eigenvalue weighted by Crippen LogP contribution is 2.27. The van der Waals surface area contributed by atoms with E-state index in [9.17, 15) is 4.39 Å². The van der Waals surface area contributed by atoms with E-state index in [1.54, 1.807) is 30.6 Å². The van der Waals surface area contributed by atoms with Crippen LogP contribution in [0.5, 0.6) is 5.75 Å². The number of aliphatic imine (C=N–C) groups is 1. The lowest BCUT2D eigenvalue weighted by Crippen LogP contribution is -2.28.